The van der Waals surface area contributed by atoms with Gasteiger partial charge in [0.1, 0.15) is 5.76 Å². The summed E-state index contributed by atoms with van der Waals surface area (Å²) in [6.07, 6.45) is 0.306. The van der Waals surface area contributed by atoms with E-state index in [0.717, 1.165) is 50.8 Å². The van der Waals surface area contributed by atoms with Gasteiger partial charge in [-0.25, -0.2) is 0 Å². The maximum Gasteiger partial charge on any atom is 0.133 e. The highest BCUT2D eigenvalue weighted by Crippen LogP contribution is 2.25. The second kappa shape index (κ2) is 6.43. The number of hydrogen-bond donors (Lipinski definition) is 0. The van der Waals surface area contributed by atoms with Crippen LogP contribution in [0.1, 0.15) is 17.0 Å². The molecule has 0 N–H and O–H groups in total. The third-order valence-corrected chi connectivity index (χ3v) is 4.78. The van der Waals surface area contributed by atoms with Crippen molar-refractivity contribution in [3.8, 4) is 0 Å². The Balaban J connectivity index is 1.42. The smallest absolute Gasteiger partial charge is 0.133 e. The Kier molecular flexibility index (Phi) is 4.16. The van der Waals surface area contributed by atoms with Gasteiger partial charge in [-0.3, -0.25) is 9.80 Å². The van der Waals surface area contributed by atoms with Gasteiger partial charge < -0.3 is 9.26 Å². The van der Waals surface area contributed by atoms with Gasteiger partial charge in [-0.05, 0) is 12.5 Å². The molecule has 0 bridgehead atoms. The SMILES string of the molecule is Cc1cc(CN2CC3OCCN(Cc4ccccc4)C3C2)no1. The van der Waals surface area contributed by atoms with Crippen LogP contribution < -0.4 is 0 Å². The lowest BCUT2D eigenvalue weighted by molar-refractivity contribution is -0.0504. The molecule has 0 radical (unpaired) electrons. The van der Waals surface area contributed by atoms with Crippen LogP contribution in [0, 0.1) is 6.92 Å². The number of fused-ring (bicyclic) bond motifs is 1. The van der Waals surface area contributed by atoms with E-state index in [0.29, 0.717) is 12.1 Å². The molecule has 2 atom stereocenters. The molecular weight excluding hydrogens is 290 g/mol. The Morgan fingerprint density at radius 3 is 2.83 bits per heavy atom. The van der Waals surface area contributed by atoms with Crippen LogP contribution in [0.15, 0.2) is 40.9 Å². The van der Waals surface area contributed by atoms with Crippen LogP contribution in [0.25, 0.3) is 0 Å². The highest BCUT2D eigenvalue weighted by Gasteiger charge is 2.40. The number of ether oxygens (including phenoxy) is 1. The minimum atomic E-state index is 0.306. The number of benzene rings is 1. The van der Waals surface area contributed by atoms with Gasteiger partial charge in [0.2, 0.25) is 0 Å². The standard InChI is InChI=1S/C18H23N3O2/c1-14-9-16(19-23-14)11-20-12-17-18(13-20)22-8-7-21(17)10-15-5-3-2-4-6-15/h2-6,9,17-18H,7-8,10-13H2,1H3. The zero-order valence-electron chi connectivity index (χ0n) is 13.5. The average Bonchev–Trinajstić information content (AvgIpc) is 3.15. The molecule has 0 spiro atoms. The van der Waals surface area contributed by atoms with E-state index >= 15 is 0 Å². The summed E-state index contributed by atoms with van der Waals surface area (Å²) in [5, 5.41) is 4.11. The number of aryl methyl sites for hydroxylation is 1. The molecule has 0 saturated carbocycles. The van der Waals surface area contributed by atoms with E-state index in [1.807, 2.05) is 13.0 Å². The van der Waals surface area contributed by atoms with Crippen LogP contribution in [-0.2, 0) is 17.8 Å². The lowest BCUT2D eigenvalue weighted by Gasteiger charge is -2.37. The van der Waals surface area contributed by atoms with Crippen molar-refractivity contribution in [3.05, 3.63) is 53.4 Å². The summed E-state index contributed by atoms with van der Waals surface area (Å²) in [6.45, 7) is 7.61. The van der Waals surface area contributed by atoms with Crippen molar-refractivity contribution in [1.82, 2.24) is 15.0 Å². The first-order chi connectivity index (χ1) is 11.3. The number of rotatable bonds is 4. The highest BCUT2D eigenvalue weighted by molar-refractivity contribution is 5.15. The summed E-state index contributed by atoms with van der Waals surface area (Å²) in [7, 11) is 0. The Hall–Kier alpha value is -1.69. The zero-order valence-corrected chi connectivity index (χ0v) is 13.5. The number of hydrogen-bond acceptors (Lipinski definition) is 5. The average molecular weight is 313 g/mol. The lowest BCUT2D eigenvalue weighted by Crippen LogP contribution is -2.50. The first kappa shape index (κ1) is 14.9. The fraction of sp³-hybridized carbons (Fsp3) is 0.500. The normalized spacial score (nSPS) is 25.6. The fourth-order valence-electron chi connectivity index (χ4n) is 3.70. The number of aromatic nitrogens is 1. The van der Waals surface area contributed by atoms with Crippen molar-refractivity contribution in [1.29, 1.82) is 0 Å². The third-order valence-electron chi connectivity index (χ3n) is 4.78. The Morgan fingerprint density at radius 2 is 2.04 bits per heavy atom. The molecule has 1 aromatic heterocycles. The van der Waals surface area contributed by atoms with Crippen LogP contribution in [0.3, 0.4) is 0 Å². The molecule has 2 saturated heterocycles. The summed E-state index contributed by atoms with van der Waals surface area (Å²) >= 11 is 0. The molecule has 23 heavy (non-hydrogen) atoms. The van der Waals surface area contributed by atoms with Gasteiger partial charge in [0, 0.05) is 38.8 Å². The van der Waals surface area contributed by atoms with E-state index in [-0.39, 0.29) is 0 Å². The summed E-state index contributed by atoms with van der Waals surface area (Å²) < 4.78 is 11.2. The largest absolute Gasteiger partial charge is 0.374 e. The lowest BCUT2D eigenvalue weighted by atomic mass is 10.1. The highest BCUT2D eigenvalue weighted by atomic mass is 16.5. The zero-order chi connectivity index (χ0) is 15.6. The molecule has 2 fully saturated rings. The van der Waals surface area contributed by atoms with Crippen molar-refractivity contribution < 1.29 is 9.26 Å². The Morgan fingerprint density at radius 1 is 1.17 bits per heavy atom. The van der Waals surface area contributed by atoms with E-state index in [2.05, 4.69) is 45.3 Å². The molecule has 2 aliphatic rings. The molecule has 0 aliphatic carbocycles. The van der Waals surface area contributed by atoms with E-state index in [9.17, 15) is 0 Å². The maximum atomic E-state index is 6.02. The first-order valence-corrected chi connectivity index (χ1v) is 8.32. The van der Waals surface area contributed by atoms with Crippen LogP contribution in [0.5, 0.6) is 0 Å². The monoisotopic (exact) mass is 313 g/mol. The molecule has 122 valence electrons. The van der Waals surface area contributed by atoms with Crippen molar-refractivity contribution in [3.63, 3.8) is 0 Å². The molecule has 2 unspecified atom stereocenters. The van der Waals surface area contributed by atoms with Gasteiger partial charge in [-0.1, -0.05) is 35.5 Å². The van der Waals surface area contributed by atoms with Gasteiger partial charge in [0.25, 0.3) is 0 Å². The van der Waals surface area contributed by atoms with E-state index in [4.69, 9.17) is 9.26 Å². The summed E-state index contributed by atoms with van der Waals surface area (Å²) in [5.74, 6) is 0.874. The van der Waals surface area contributed by atoms with Crippen LogP contribution in [-0.4, -0.2) is 53.3 Å². The van der Waals surface area contributed by atoms with Crippen molar-refractivity contribution in [2.45, 2.75) is 32.2 Å². The molecular formula is C18H23N3O2. The first-order valence-electron chi connectivity index (χ1n) is 8.32. The Labute approximate surface area is 136 Å². The molecule has 2 aliphatic heterocycles. The molecule has 5 nitrogen and oxygen atoms in total. The van der Waals surface area contributed by atoms with Gasteiger partial charge in [-0.2, -0.15) is 0 Å². The molecule has 5 heteroatoms. The van der Waals surface area contributed by atoms with Gasteiger partial charge in [0.15, 0.2) is 0 Å². The van der Waals surface area contributed by atoms with E-state index in [1.165, 1.54) is 5.56 Å². The summed E-state index contributed by atoms with van der Waals surface area (Å²) in [6, 6.07) is 13.2. The van der Waals surface area contributed by atoms with Crippen molar-refractivity contribution in [2.75, 3.05) is 26.2 Å². The predicted molar refractivity (Wildman–Crippen MR) is 86.9 cm³/mol. The molecule has 2 aromatic rings. The van der Waals surface area contributed by atoms with Gasteiger partial charge in [-0.15, -0.1) is 0 Å². The fourth-order valence-corrected chi connectivity index (χ4v) is 3.70. The molecule has 4 rings (SSSR count). The van der Waals surface area contributed by atoms with Crippen molar-refractivity contribution in [2.24, 2.45) is 0 Å². The van der Waals surface area contributed by atoms with Crippen LogP contribution in [0.2, 0.25) is 0 Å². The van der Waals surface area contributed by atoms with E-state index in [1.54, 1.807) is 0 Å². The summed E-state index contributed by atoms with van der Waals surface area (Å²) in [4.78, 5) is 4.99. The second-order valence-electron chi connectivity index (χ2n) is 6.56. The molecule has 3 heterocycles. The van der Waals surface area contributed by atoms with Crippen LogP contribution in [0.4, 0.5) is 0 Å². The number of morpholine rings is 1. The Bertz CT molecular complexity index is 643. The number of nitrogens with zero attached hydrogens (tertiary/aromatic N) is 3. The predicted octanol–water partition coefficient (Wildman–Crippen LogP) is 2.07. The van der Waals surface area contributed by atoms with Gasteiger partial charge in [0.05, 0.1) is 24.4 Å². The van der Waals surface area contributed by atoms with E-state index < -0.39 is 0 Å². The molecule has 1 aromatic carbocycles. The number of likely N-dealkylation sites (tertiary alicyclic amines) is 1. The molecule has 0 amide bonds. The topological polar surface area (TPSA) is 41.7 Å². The maximum absolute atomic E-state index is 6.02. The minimum Gasteiger partial charge on any atom is -0.374 e. The second-order valence-corrected chi connectivity index (χ2v) is 6.56. The third kappa shape index (κ3) is 3.32. The van der Waals surface area contributed by atoms with Gasteiger partial charge >= 0.3 is 0 Å². The van der Waals surface area contributed by atoms with Crippen molar-refractivity contribution >= 4 is 0 Å². The summed E-state index contributed by atoms with van der Waals surface area (Å²) in [5.41, 5.74) is 2.38. The minimum absolute atomic E-state index is 0.306. The van der Waals surface area contributed by atoms with Crippen LogP contribution >= 0.6 is 0 Å². The quantitative estimate of drug-likeness (QED) is 0.864.